The van der Waals surface area contributed by atoms with Gasteiger partial charge in [0.05, 0.1) is 17.9 Å². The first-order valence-electron chi connectivity index (χ1n) is 9.18. The molecule has 1 aliphatic heterocycles. The average Bonchev–Trinajstić information content (AvgIpc) is 2.87. The second-order valence-corrected chi connectivity index (χ2v) is 7.28. The summed E-state index contributed by atoms with van der Waals surface area (Å²) in [6, 6.07) is 8.95. The molecule has 1 aliphatic rings. The van der Waals surface area contributed by atoms with E-state index in [2.05, 4.69) is 65.5 Å². The summed E-state index contributed by atoms with van der Waals surface area (Å²) in [7, 11) is 0. The van der Waals surface area contributed by atoms with Crippen molar-refractivity contribution in [3.05, 3.63) is 52.3 Å². The highest BCUT2D eigenvalue weighted by atomic mass is 16.5. The third-order valence-electron chi connectivity index (χ3n) is 4.84. The van der Waals surface area contributed by atoms with Gasteiger partial charge in [-0.1, -0.05) is 24.3 Å². The van der Waals surface area contributed by atoms with Crippen molar-refractivity contribution >= 4 is 0 Å². The van der Waals surface area contributed by atoms with Crippen LogP contribution in [0.15, 0.2) is 24.3 Å². The highest BCUT2D eigenvalue weighted by Crippen LogP contribution is 2.15. The maximum atomic E-state index is 5.81. The molecule has 0 amide bonds. The van der Waals surface area contributed by atoms with E-state index in [1.54, 1.807) is 0 Å². The van der Waals surface area contributed by atoms with Gasteiger partial charge in [-0.15, -0.1) is 0 Å². The van der Waals surface area contributed by atoms with E-state index in [4.69, 9.17) is 4.74 Å². The van der Waals surface area contributed by atoms with Crippen molar-refractivity contribution in [1.29, 1.82) is 0 Å². The van der Waals surface area contributed by atoms with Crippen molar-refractivity contribution in [2.75, 3.05) is 13.1 Å². The van der Waals surface area contributed by atoms with Crippen LogP contribution < -0.4 is 5.32 Å². The van der Waals surface area contributed by atoms with E-state index >= 15 is 0 Å². The first-order chi connectivity index (χ1) is 12.0. The van der Waals surface area contributed by atoms with Gasteiger partial charge >= 0.3 is 0 Å². The molecule has 5 heteroatoms. The molecule has 0 bridgehead atoms. The number of H-pyrrole nitrogens is 1. The molecule has 2 unspecified atom stereocenters. The minimum absolute atomic E-state index is 0.321. The van der Waals surface area contributed by atoms with Crippen LogP contribution in [-0.2, 0) is 24.4 Å². The maximum absolute atomic E-state index is 5.81. The molecular weight excluding hydrogens is 312 g/mol. The zero-order chi connectivity index (χ0) is 17.8. The van der Waals surface area contributed by atoms with Crippen molar-refractivity contribution < 1.29 is 4.74 Å². The van der Waals surface area contributed by atoms with E-state index in [0.717, 1.165) is 44.1 Å². The Morgan fingerprint density at radius 2 is 1.72 bits per heavy atom. The van der Waals surface area contributed by atoms with Crippen LogP contribution in [0.5, 0.6) is 0 Å². The van der Waals surface area contributed by atoms with Gasteiger partial charge in [0, 0.05) is 44.0 Å². The van der Waals surface area contributed by atoms with Gasteiger partial charge in [0.2, 0.25) is 0 Å². The fourth-order valence-electron chi connectivity index (χ4n) is 3.60. The molecule has 2 aromatic rings. The normalized spacial score (nSPS) is 21.6. The Morgan fingerprint density at radius 1 is 1.08 bits per heavy atom. The molecule has 2 heterocycles. The summed E-state index contributed by atoms with van der Waals surface area (Å²) in [5.41, 5.74) is 6.17. The largest absolute Gasteiger partial charge is 0.373 e. The van der Waals surface area contributed by atoms with E-state index in [1.165, 1.54) is 16.7 Å². The standard InChI is InChI=1S/C20H30N4O/c1-14-11-24(12-15(2)25-14)13-19-7-5-18(6-8-19)9-21-10-20-16(3)22-23-17(20)4/h5-8,14-15,21H,9-13H2,1-4H3,(H,22,23). The van der Waals surface area contributed by atoms with Gasteiger partial charge < -0.3 is 10.1 Å². The van der Waals surface area contributed by atoms with Gasteiger partial charge in [-0.2, -0.15) is 5.10 Å². The Labute approximate surface area is 150 Å². The van der Waals surface area contributed by atoms with Gasteiger partial charge in [0.1, 0.15) is 0 Å². The van der Waals surface area contributed by atoms with Crippen LogP contribution in [0.3, 0.4) is 0 Å². The lowest BCUT2D eigenvalue weighted by Crippen LogP contribution is -2.44. The zero-order valence-electron chi connectivity index (χ0n) is 15.8. The number of benzene rings is 1. The Bertz CT molecular complexity index is 650. The minimum atomic E-state index is 0.321. The van der Waals surface area contributed by atoms with E-state index in [0.29, 0.717) is 12.2 Å². The molecular formula is C20H30N4O. The van der Waals surface area contributed by atoms with E-state index in [-0.39, 0.29) is 0 Å². The molecule has 1 fully saturated rings. The molecule has 0 aliphatic carbocycles. The molecule has 0 saturated carbocycles. The zero-order valence-corrected chi connectivity index (χ0v) is 15.8. The highest BCUT2D eigenvalue weighted by Gasteiger charge is 2.21. The molecule has 136 valence electrons. The summed E-state index contributed by atoms with van der Waals surface area (Å²) < 4.78 is 5.81. The molecule has 2 atom stereocenters. The predicted octanol–water partition coefficient (Wildman–Crippen LogP) is 2.93. The Balaban J connectivity index is 1.49. The lowest BCUT2D eigenvalue weighted by Gasteiger charge is -2.35. The van der Waals surface area contributed by atoms with Crippen molar-refractivity contribution in [2.24, 2.45) is 0 Å². The molecule has 1 aromatic carbocycles. The number of rotatable bonds is 6. The minimum Gasteiger partial charge on any atom is -0.373 e. The smallest absolute Gasteiger partial charge is 0.0678 e. The van der Waals surface area contributed by atoms with Crippen LogP contribution in [0.2, 0.25) is 0 Å². The summed E-state index contributed by atoms with van der Waals surface area (Å²) in [5, 5.41) is 10.8. The molecule has 0 radical (unpaired) electrons. The summed E-state index contributed by atoms with van der Waals surface area (Å²) in [4.78, 5) is 2.48. The van der Waals surface area contributed by atoms with Gasteiger partial charge in [-0.25, -0.2) is 0 Å². The van der Waals surface area contributed by atoms with Crippen LogP contribution in [0, 0.1) is 13.8 Å². The summed E-state index contributed by atoms with van der Waals surface area (Å²) >= 11 is 0. The van der Waals surface area contributed by atoms with E-state index in [9.17, 15) is 0 Å². The van der Waals surface area contributed by atoms with Crippen molar-refractivity contribution in [2.45, 2.75) is 59.5 Å². The van der Waals surface area contributed by atoms with Crippen LogP contribution in [0.1, 0.15) is 41.9 Å². The van der Waals surface area contributed by atoms with Crippen LogP contribution in [0.4, 0.5) is 0 Å². The van der Waals surface area contributed by atoms with Crippen molar-refractivity contribution in [1.82, 2.24) is 20.4 Å². The van der Waals surface area contributed by atoms with Gasteiger partial charge in [0.15, 0.2) is 0 Å². The van der Waals surface area contributed by atoms with Crippen molar-refractivity contribution in [3.8, 4) is 0 Å². The van der Waals surface area contributed by atoms with Gasteiger partial charge in [0.25, 0.3) is 0 Å². The molecule has 5 nitrogen and oxygen atoms in total. The SMILES string of the molecule is Cc1n[nH]c(C)c1CNCc1ccc(CN2CC(C)OC(C)C2)cc1. The summed E-state index contributed by atoms with van der Waals surface area (Å²) in [6.07, 6.45) is 0.643. The molecule has 25 heavy (non-hydrogen) atoms. The molecule has 3 rings (SSSR count). The molecule has 1 aromatic heterocycles. The van der Waals surface area contributed by atoms with Crippen LogP contribution in [-0.4, -0.2) is 40.4 Å². The lowest BCUT2D eigenvalue weighted by atomic mass is 10.1. The van der Waals surface area contributed by atoms with Gasteiger partial charge in [-0.05, 0) is 38.8 Å². The third-order valence-corrected chi connectivity index (χ3v) is 4.84. The van der Waals surface area contributed by atoms with E-state index in [1.807, 2.05) is 6.92 Å². The monoisotopic (exact) mass is 342 g/mol. The lowest BCUT2D eigenvalue weighted by molar-refractivity contribution is -0.0704. The van der Waals surface area contributed by atoms with E-state index < -0.39 is 0 Å². The second kappa shape index (κ2) is 8.13. The Morgan fingerprint density at radius 3 is 2.32 bits per heavy atom. The Kier molecular flexibility index (Phi) is 5.89. The van der Waals surface area contributed by atoms with Crippen LogP contribution in [0.25, 0.3) is 0 Å². The quantitative estimate of drug-likeness (QED) is 0.847. The number of aromatic amines is 1. The van der Waals surface area contributed by atoms with Crippen LogP contribution >= 0.6 is 0 Å². The van der Waals surface area contributed by atoms with Crippen molar-refractivity contribution in [3.63, 3.8) is 0 Å². The average molecular weight is 342 g/mol. The first-order valence-corrected chi connectivity index (χ1v) is 9.18. The predicted molar refractivity (Wildman–Crippen MR) is 100 cm³/mol. The Hall–Kier alpha value is -1.69. The fourth-order valence-corrected chi connectivity index (χ4v) is 3.60. The fraction of sp³-hybridized carbons (Fsp3) is 0.550. The first kappa shape index (κ1) is 18.1. The number of morpholine rings is 1. The highest BCUT2D eigenvalue weighted by molar-refractivity contribution is 5.24. The molecule has 1 saturated heterocycles. The maximum Gasteiger partial charge on any atom is 0.0678 e. The number of nitrogens with zero attached hydrogens (tertiary/aromatic N) is 2. The summed E-state index contributed by atoms with van der Waals surface area (Å²) in [5.74, 6) is 0. The number of aromatic nitrogens is 2. The third kappa shape index (κ3) is 4.91. The number of nitrogens with one attached hydrogen (secondary N) is 2. The number of hydrogen-bond acceptors (Lipinski definition) is 4. The number of aryl methyl sites for hydroxylation is 2. The van der Waals surface area contributed by atoms with Gasteiger partial charge in [-0.3, -0.25) is 10.00 Å². The number of ether oxygens (including phenoxy) is 1. The number of hydrogen-bond donors (Lipinski definition) is 2. The molecule has 0 spiro atoms. The molecule has 2 N–H and O–H groups in total. The summed E-state index contributed by atoms with van der Waals surface area (Å²) in [6.45, 7) is 13.2. The second-order valence-electron chi connectivity index (χ2n) is 7.28. The topological polar surface area (TPSA) is 53.2 Å².